The fraction of sp³-hybridized carbons (Fsp3) is 0.316. The summed E-state index contributed by atoms with van der Waals surface area (Å²) in [6, 6.07) is 12.6. The monoisotopic (exact) mass is 349 g/mol. The molecule has 1 aliphatic rings. The van der Waals surface area contributed by atoms with E-state index in [-0.39, 0.29) is 12.0 Å². The van der Waals surface area contributed by atoms with Crippen molar-refractivity contribution in [3.63, 3.8) is 0 Å². The first kappa shape index (κ1) is 17.7. The van der Waals surface area contributed by atoms with Crippen LogP contribution >= 0.6 is 0 Å². The summed E-state index contributed by atoms with van der Waals surface area (Å²) >= 11 is 0. The summed E-state index contributed by atoms with van der Waals surface area (Å²) in [7, 11) is 0. The standard InChI is InChI=1S/C19H23N7/c1-14-5-2-3-7-18(14)26-12-15(10-20)9-17(26)13-25-8-4-6-16(25)11-23-24-19(21)22/h2-3,5,7,9,11-12,16H,4,6,8,13H2,1H3,(H4,21,22,24)/b23-11+. The van der Waals surface area contributed by atoms with Gasteiger partial charge < -0.3 is 16.0 Å². The van der Waals surface area contributed by atoms with Gasteiger partial charge in [0.05, 0.1) is 5.56 Å². The highest BCUT2D eigenvalue weighted by Gasteiger charge is 2.24. The summed E-state index contributed by atoms with van der Waals surface area (Å²) in [6.45, 7) is 3.78. The van der Waals surface area contributed by atoms with Crippen LogP contribution in [-0.4, -0.2) is 34.2 Å². The lowest BCUT2D eigenvalue weighted by molar-refractivity contribution is 0.292. The van der Waals surface area contributed by atoms with Crippen molar-refractivity contribution in [2.24, 2.45) is 21.7 Å². The van der Waals surface area contributed by atoms with E-state index in [1.165, 1.54) is 5.56 Å². The number of para-hydroxylation sites is 1. The molecule has 0 saturated carbocycles. The van der Waals surface area contributed by atoms with Crippen LogP contribution in [0, 0.1) is 18.3 Å². The number of benzene rings is 1. The molecule has 1 unspecified atom stereocenters. The van der Waals surface area contributed by atoms with Crippen LogP contribution in [0.15, 0.2) is 46.7 Å². The predicted molar refractivity (Wildman–Crippen MR) is 103 cm³/mol. The normalized spacial score (nSPS) is 17.5. The summed E-state index contributed by atoms with van der Waals surface area (Å²) in [5.74, 6) is -0.0436. The summed E-state index contributed by atoms with van der Waals surface area (Å²) in [5.41, 5.74) is 14.6. The Bertz CT molecular complexity index is 868. The van der Waals surface area contributed by atoms with Crippen molar-refractivity contribution < 1.29 is 0 Å². The minimum absolute atomic E-state index is 0.0436. The van der Waals surface area contributed by atoms with Crippen molar-refractivity contribution in [3.8, 4) is 11.8 Å². The van der Waals surface area contributed by atoms with Crippen LogP contribution in [0.1, 0.15) is 29.7 Å². The Morgan fingerprint density at radius 3 is 2.92 bits per heavy atom. The maximum absolute atomic E-state index is 9.34. The third-order valence-electron chi connectivity index (χ3n) is 4.60. The number of likely N-dealkylation sites (tertiary alicyclic amines) is 1. The number of hydrogen-bond acceptors (Lipinski definition) is 4. The van der Waals surface area contributed by atoms with Gasteiger partial charge in [0, 0.05) is 36.4 Å². The number of rotatable bonds is 5. The Balaban J connectivity index is 1.87. The zero-order valence-electron chi connectivity index (χ0n) is 14.8. The highest BCUT2D eigenvalue weighted by Crippen LogP contribution is 2.24. The van der Waals surface area contributed by atoms with E-state index in [4.69, 9.17) is 11.5 Å². The van der Waals surface area contributed by atoms with Crippen LogP contribution in [0.3, 0.4) is 0 Å². The van der Waals surface area contributed by atoms with E-state index in [1.807, 2.05) is 24.4 Å². The second kappa shape index (κ2) is 7.85. The van der Waals surface area contributed by atoms with Gasteiger partial charge in [-0.2, -0.15) is 10.4 Å². The first-order valence-electron chi connectivity index (χ1n) is 8.62. The van der Waals surface area contributed by atoms with Gasteiger partial charge in [-0.25, -0.2) is 0 Å². The molecule has 1 saturated heterocycles. The van der Waals surface area contributed by atoms with Crippen LogP contribution in [0.5, 0.6) is 0 Å². The molecule has 0 aliphatic carbocycles. The molecule has 0 amide bonds. The number of guanidine groups is 1. The van der Waals surface area contributed by atoms with Crippen molar-refractivity contribution in [1.29, 1.82) is 5.26 Å². The van der Waals surface area contributed by atoms with Gasteiger partial charge in [0.2, 0.25) is 5.96 Å². The molecule has 7 nitrogen and oxygen atoms in total. The molecule has 2 aromatic rings. The van der Waals surface area contributed by atoms with E-state index in [2.05, 4.69) is 44.8 Å². The molecule has 134 valence electrons. The molecule has 1 aromatic carbocycles. The maximum atomic E-state index is 9.34. The molecular formula is C19H23N7. The molecule has 26 heavy (non-hydrogen) atoms. The van der Waals surface area contributed by atoms with Gasteiger partial charge in [-0.05, 0) is 44.0 Å². The van der Waals surface area contributed by atoms with Crippen molar-refractivity contribution in [2.75, 3.05) is 6.54 Å². The van der Waals surface area contributed by atoms with Gasteiger partial charge in [-0.15, -0.1) is 5.10 Å². The molecule has 0 radical (unpaired) electrons. The zero-order valence-corrected chi connectivity index (χ0v) is 14.8. The lowest BCUT2D eigenvalue weighted by Gasteiger charge is -2.22. The minimum Gasteiger partial charge on any atom is -0.369 e. The minimum atomic E-state index is -0.0436. The molecule has 0 spiro atoms. The average molecular weight is 349 g/mol. The van der Waals surface area contributed by atoms with Gasteiger partial charge in [0.15, 0.2) is 0 Å². The smallest absolute Gasteiger partial charge is 0.211 e. The van der Waals surface area contributed by atoms with Crippen LogP contribution < -0.4 is 11.5 Å². The summed E-state index contributed by atoms with van der Waals surface area (Å²) in [5, 5.41) is 17.0. The van der Waals surface area contributed by atoms with Gasteiger partial charge in [0.25, 0.3) is 0 Å². The van der Waals surface area contributed by atoms with E-state index in [1.54, 1.807) is 6.21 Å². The second-order valence-electron chi connectivity index (χ2n) is 6.46. The molecule has 7 heteroatoms. The molecule has 1 fully saturated rings. The lowest BCUT2D eigenvalue weighted by Crippen LogP contribution is -2.31. The van der Waals surface area contributed by atoms with E-state index >= 15 is 0 Å². The molecule has 1 atom stereocenters. The molecule has 4 N–H and O–H groups in total. The predicted octanol–water partition coefficient (Wildman–Crippen LogP) is 1.88. The van der Waals surface area contributed by atoms with Crippen LogP contribution in [-0.2, 0) is 6.54 Å². The number of nitriles is 1. The fourth-order valence-electron chi connectivity index (χ4n) is 3.35. The van der Waals surface area contributed by atoms with Crippen LogP contribution in [0.4, 0.5) is 0 Å². The van der Waals surface area contributed by atoms with Gasteiger partial charge in [-0.1, -0.05) is 18.2 Å². The Labute approximate surface area is 153 Å². The van der Waals surface area contributed by atoms with E-state index in [0.29, 0.717) is 5.56 Å². The number of hydrogen-bond donors (Lipinski definition) is 2. The molecule has 1 aromatic heterocycles. The molecular weight excluding hydrogens is 326 g/mol. The van der Waals surface area contributed by atoms with E-state index in [0.717, 1.165) is 37.3 Å². The fourth-order valence-corrected chi connectivity index (χ4v) is 3.35. The quantitative estimate of drug-likeness (QED) is 0.488. The summed E-state index contributed by atoms with van der Waals surface area (Å²) in [4.78, 5) is 2.33. The number of aromatic nitrogens is 1. The van der Waals surface area contributed by atoms with Gasteiger partial charge in [-0.3, -0.25) is 4.90 Å². The van der Waals surface area contributed by atoms with Crippen LogP contribution in [0.2, 0.25) is 0 Å². The van der Waals surface area contributed by atoms with Crippen molar-refractivity contribution in [1.82, 2.24) is 9.47 Å². The second-order valence-corrected chi connectivity index (χ2v) is 6.46. The van der Waals surface area contributed by atoms with Crippen LogP contribution in [0.25, 0.3) is 5.69 Å². The first-order chi connectivity index (χ1) is 12.6. The highest BCUT2D eigenvalue weighted by atomic mass is 15.3. The highest BCUT2D eigenvalue weighted by molar-refractivity contribution is 5.76. The number of nitrogens with zero attached hydrogens (tertiary/aromatic N) is 5. The largest absolute Gasteiger partial charge is 0.369 e. The third kappa shape index (κ3) is 3.92. The van der Waals surface area contributed by atoms with E-state index < -0.39 is 0 Å². The van der Waals surface area contributed by atoms with E-state index in [9.17, 15) is 5.26 Å². The number of aryl methyl sites for hydroxylation is 1. The summed E-state index contributed by atoms with van der Waals surface area (Å²) < 4.78 is 2.11. The first-order valence-corrected chi connectivity index (χ1v) is 8.62. The van der Waals surface area contributed by atoms with Crippen molar-refractivity contribution in [3.05, 3.63) is 53.3 Å². The van der Waals surface area contributed by atoms with Gasteiger partial charge >= 0.3 is 0 Å². The third-order valence-corrected chi connectivity index (χ3v) is 4.60. The molecule has 3 rings (SSSR count). The number of nitrogens with two attached hydrogens (primary N) is 2. The lowest BCUT2D eigenvalue weighted by atomic mass is 10.2. The molecule has 1 aliphatic heterocycles. The Hall–Kier alpha value is -3.11. The van der Waals surface area contributed by atoms with Gasteiger partial charge in [0.1, 0.15) is 6.07 Å². The van der Waals surface area contributed by atoms with Crippen molar-refractivity contribution in [2.45, 2.75) is 32.4 Å². The summed E-state index contributed by atoms with van der Waals surface area (Å²) in [6.07, 6.45) is 5.80. The molecule has 0 bridgehead atoms. The Morgan fingerprint density at radius 1 is 1.38 bits per heavy atom. The zero-order chi connectivity index (χ0) is 18.5. The maximum Gasteiger partial charge on any atom is 0.211 e. The van der Waals surface area contributed by atoms with Crippen molar-refractivity contribution >= 4 is 12.2 Å². The Kier molecular flexibility index (Phi) is 5.34. The average Bonchev–Trinajstić information content (AvgIpc) is 3.22. The topological polar surface area (TPSA) is 109 Å². The Morgan fingerprint density at radius 2 is 2.19 bits per heavy atom. The SMILES string of the molecule is Cc1ccccc1-n1cc(C#N)cc1CN1CCCC1/C=N/N=C(N)N. The molecule has 2 heterocycles.